The van der Waals surface area contributed by atoms with Crippen LogP contribution in [0.3, 0.4) is 0 Å². The number of aromatic nitrogens is 4. The van der Waals surface area contributed by atoms with Gasteiger partial charge in [-0.25, -0.2) is 0 Å². The molecule has 0 atom stereocenters. The maximum Gasteiger partial charge on any atom is 0.328 e. The molecule has 27 heavy (non-hydrogen) atoms. The topological polar surface area (TPSA) is 102 Å². The number of nitrogens with zero attached hydrogens (tertiary/aromatic N) is 4. The third kappa shape index (κ3) is 4.25. The monoisotopic (exact) mass is 372 g/mol. The average molecular weight is 372 g/mol. The Morgan fingerprint density at radius 1 is 1.19 bits per heavy atom. The Balaban J connectivity index is 1.64. The highest BCUT2D eigenvalue weighted by molar-refractivity contribution is 5.69. The summed E-state index contributed by atoms with van der Waals surface area (Å²) in [5.74, 6) is 1.27. The third-order valence-corrected chi connectivity index (χ3v) is 3.86. The second-order valence-electron chi connectivity index (χ2n) is 5.82. The Bertz CT molecular complexity index is 947. The van der Waals surface area contributed by atoms with Gasteiger partial charge in [0.2, 0.25) is 5.82 Å². The van der Waals surface area contributed by atoms with E-state index in [2.05, 4.69) is 15.2 Å². The van der Waals surface area contributed by atoms with Gasteiger partial charge in [0.05, 0.1) is 25.5 Å². The van der Waals surface area contributed by atoms with Crippen molar-refractivity contribution in [3.63, 3.8) is 0 Å². The molecule has 9 nitrogen and oxygen atoms in total. The van der Waals surface area contributed by atoms with Crippen molar-refractivity contribution < 1.29 is 23.5 Å². The van der Waals surface area contributed by atoms with Crippen molar-refractivity contribution in [3.8, 4) is 22.9 Å². The van der Waals surface area contributed by atoms with Gasteiger partial charge in [-0.2, -0.15) is 10.1 Å². The quantitative estimate of drug-likeness (QED) is 0.582. The van der Waals surface area contributed by atoms with E-state index in [4.69, 9.17) is 18.7 Å². The average Bonchev–Trinajstić information content (AvgIpc) is 3.25. The first-order valence-electron chi connectivity index (χ1n) is 8.22. The first-order valence-corrected chi connectivity index (χ1v) is 8.22. The van der Waals surface area contributed by atoms with Crippen LogP contribution in [0, 0.1) is 13.8 Å². The third-order valence-electron chi connectivity index (χ3n) is 3.86. The lowest BCUT2D eigenvalue weighted by Crippen LogP contribution is -2.15. The van der Waals surface area contributed by atoms with E-state index in [-0.39, 0.29) is 19.0 Å². The summed E-state index contributed by atoms with van der Waals surface area (Å²) < 4.78 is 22.4. The number of aryl methyl sites for hydroxylation is 2. The van der Waals surface area contributed by atoms with Crippen LogP contribution in [0.4, 0.5) is 0 Å². The Morgan fingerprint density at radius 2 is 2.00 bits per heavy atom. The van der Waals surface area contributed by atoms with Crippen molar-refractivity contribution in [1.82, 2.24) is 19.9 Å². The van der Waals surface area contributed by atoms with E-state index in [1.165, 1.54) is 0 Å². The number of methoxy groups -OCH3 is 2. The molecule has 0 amide bonds. The number of carbonyl (C=O) groups excluding carboxylic acids is 1. The molecule has 9 heteroatoms. The van der Waals surface area contributed by atoms with Crippen molar-refractivity contribution >= 4 is 5.97 Å². The predicted molar refractivity (Wildman–Crippen MR) is 94.3 cm³/mol. The minimum atomic E-state index is -0.442. The minimum Gasteiger partial charge on any atom is -0.497 e. The molecule has 0 N–H and O–H groups in total. The van der Waals surface area contributed by atoms with Crippen molar-refractivity contribution in [1.29, 1.82) is 0 Å². The molecule has 0 aliphatic heterocycles. The fraction of sp³-hybridized carbons (Fsp3) is 0.333. The molecule has 0 aliphatic carbocycles. The van der Waals surface area contributed by atoms with Gasteiger partial charge < -0.3 is 18.7 Å². The van der Waals surface area contributed by atoms with Crippen molar-refractivity contribution in [3.05, 3.63) is 41.5 Å². The summed E-state index contributed by atoms with van der Waals surface area (Å²) in [6, 6.07) is 7.14. The van der Waals surface area contributed by atoms with Gasteiger partial charge in [0, 0.05) is 11.8 Å². The lowest BCUT2D eigenvalue weighted by Gasteiger charge is -2.07. The summed E-state index contributed by atoms with van der Waals surface area (Å²) in [5.41, 5.74) is 2.37. The highest BCUT2D eigenvalue weighted by atomic mass is 16.6. The molecule has 0 spiro atoms. The lowest BCUT2D eigenvalue weighted by atomic mass is 10.2. The molecule has 0 unspecified atom stereocenters. The van der Waals surface area contributed by atoms with Crippen LogP contribution in [0.1, 0.15) is 17.3 Å². The van der Waals surface area contributed by atoms with Crippen LogP contribution in [0.2, 0.25) is 0 Å². The van der Waals surface area contributed by atoms with Crippen molar-refractivity contribution in [2.24, 2.45) is 0 Å². The molecule has 0 saturated heterocycles. The molecule has 2 heterocycles. The number of ether oxygens (including phenoxy) is 3. The van der Waals surface area contributed by atoms with E-state index in [0.29, 0.717) is 22.9 Å². The van der Waals surface area contributed by atoms with Gasteiger partial charge in [-0.1, -0.05) is 5.16 Å². The zero-order valence-electron chi connectivity index (χ0n) is 15.6. The van der Waals surface area contributed by atoms with Crippen LogP contribution < -0.4 is 9.47 Å². The van der Waals surface area contributed by atoms with Gasteiger partial charge in [0.15, 0.2) is 6.61 Å². The zero-order valence-corrected chi connectivity index (χ0v) is 15.6. The molecule has 0 saturated carbocycles. The van der Waals surface area contributed by atoms with Crippen LogP contribution in [0.15, 0.2) is 28.8 Å². The summed E-state index contributed by atoms with van der Waals surface area (Å²) in [4.78, 5) is 16.2. The fourth-order valence-corrected chi connectivity index (χ4v) is 2.55. The van der Waals surface area contributed by atoms with Crippen LogP contribution in [-0.4, -0.2) is 40.1 Å². The van der Waals surface area contributed by atoms with E-state index in [1.807, 2.05) is 19.9 Å². The van der Waals surface area contributed by atoms with Crippen LogP contribution in [0.5, 0.6) is 11.5 Å². The van der Waals surface area contributed by atoms with E-state index in [1.54, 1.807) is 37.1 Å². The van der Waals surface area contributed by atoms with Crippen LogP contribution in [-0.2, 0) is 22.7 Å². The number of benzene rings is 1. The highest BCUT2D eigenvalue weighted by Crippen LogP contribution is 2.31. The summed E-state index contributed by atoms with van der Waals surface area (Å²) in [6.45, 7) is 3.64. The Labute approximate surface area is 155 Å². The molecule has 0 fully saturated rings. The highest BCUT2D eigenvalue weighted by Gasteiger charge is 2.16. The second kappa shape index (κ2) is 7.90. The number of esters is 1. The zero-order chi connectivity index (χ0) is 19.4. The molecule has 0 radical (unpaired) electrons. The van der Waals surface area contributed by atoms with E-state index in [0.717, 1.165) is 11.4 Å². The van der Waals surface area contributed by atoms with Gasteiger partial charge in [-0.3, -0.25) is 9.48 Å². The van der Waals surface area contributed by atoms with Crippen molar-refractivity contribution in [2.75, 3.05) is 14.2 Å². The fourth-order valence-electron chi connectivity index (χ4n) is 2.55. The van der Waals surface area contributed by atoms with E-state index >= 15 is 0 Å². The predicted octanol–water partition coefficient (Wildman–Crippen LogP) is 2.31. The maximum absolute atomic E-state index is 12.0. The SMILES string of the molecule is COc1ccc(-c2noc(COC(=O)Cn3nc(C)cc3C)n2)c(OC)c1. The lowest BCUT2D eigenvalue weighted by molar-refractivity contribution is -0.146. The molecule has 0 aliphatic rings. The van der Waals surface area contributed by atoms with Gasteiger partial charge in [0.1, 0.15) is 18.0 Å². The summed E-state index contributed by atoms with van der Waals surface area (Å²) >= 11 is 0. The summed E-state index contributed by atoms with van der Waals surface area (Å²) in [5, 5.41) is 8.14. The van der Waals surface area contributed by atoms with Crippen LogP contribution in [0.25, 0.3) is 11.4 Å². The Hall–Kier alpha value is -3.36. The Kier molecular flexibility index (Phi) is 5.39. The molecule has 0 bridgehead atoms. The number of hydrogen-bond acceptors (Lipinski definition) is 8. The summed E-state index contributed by atoms with van der Waals surface area (Å²) in [6.07, 6.45) is 0. The summed E-state index contributed by atoms with van der Waals surface area (Å²) in [7, 11) is 3.11. The van der Waals surface area contributed by atoms with E-state index in [9.17, 15) is 4.79 Å². The molecule has 1 aromatic carbocycles. The molecule has 3 rings (SSSR count). The first-order chi connectivity index (χ1) is 13.0. The second-order valence-corrected chi connectivity index (χ2v) is 5.82. The van der Waals surface area contributed by atoms with Crippen LogP contribution >= 0.6 is 0 Å². The normalized spacial score (nSPS) is 10.7. The minimum absolute atomic E-state index is 0.0208. The molecular weight excluding hydrogens is 352 g/mol. The standard InChI is InChI=1S/C18H20N4O5/c1-11-7-12(2)22(20-11)9-17(23)26-10-16-19-18(21-27-16)14-6-5-13(24-3)8-15(14)25-4/h5-8H,9-10H2,1-4H3. The van der Waals surface area contributed by atoms with Gasteiger partial charge in [-0.05, 0) is 32.0 Å². The smallest absolute Gasteiger partial charge is 0.328 e. The molecular formula is C18H20N4O5. The largest absolute Gasteiger partial charge is 0.497 e. The van der Waals surface area contributed by atoms with Gasteiger partial charge in [-0.15, -0.1) is 0 Å². The van der Waals surface area contributed by atoms with Gasteiger partial charge in [0.25, 0.3) is 5.89 Å². The van der Waals surface area contributed by atoms with Gasteiger partial charge >= 0.3 is 5.97 Å². The molecule has 3 aromatic rings. The first kappa shape index (κ1) is 18.4. The number of rotatable bonds is 7. The molecule has 142 valence electrons. The maximum atomic E-state index is 12.0. The number of carbonyl (C=O) groups is 1. The molecule has 2 aromatic heterocycles. The van der Waals surface area contributed by atoms with E-state index < -0.39 is 5.97 Å². The van der Waals surface area contributed by atoms with Crippen molar-refractivity contribution in [2.45, 2.75) is 27.0 Å². The Morgan fingerprint density at radius 3 is 2.67 bits per heavy atom. The number of hydrogen-bond donors (Lipinski definition) is 0.